The van der Waals surface area contributed by atoms with Gasteiger partial charge in [0.2, 0.25) is 5.78 Å². The molecule has 16 heavy (non-hydrogen) atoms. The van der Waals surface area contributed by atoms with Crippen LogP contribution in [0.2, 0.25) is 5.02 Å². The first-order valence-electron chi connectivity index (χ1n) is 4.84. The Balaban J connectivity index is 2.68. The van der Waals surface area contributed by atoms with Gasteiger partial charge in [-0.15, -0.1) is 0 Å². The number of fused-ring (bicyclic) bond motifs is 3. The van der Waals surface area contributed by atoms with E-state index in [9.17, 15) is 4.79 Å². The van der Waals surface area contributed by atoms with E-state index in [0.29, 0.717) is 11.5 Å². The van der Waals surface area contributed by atoms with E-state index in [1.54, 1.807) is 6.92 Å². The number of nitrogens with one attached hydrogen (secondary N) is 1. The Kier molecular flexibility index (Phi) is 1.82. The molecule has 3 aromatic rings. The largest absolute Gasteiger partial charge is 0.328 e. The van der Waals surface area contributed by atoms with Gasteiger partial charge >= 0.3 is 0 Å². The second kappa shape index (κ2) is 3.09. The van der Waals surface area contributed by atoms with Crippen LogP contribution in [-0.2, 0) is 0 Å². The van der Waals surface area contributed by atoms with Crippen molar-refractivity contribution in [2.75, 3.05) is 0 Å². The molecule has 2 aromatic heterocycles. The molecule has 0 amide bonds. The highest BCUT2D eigenvalue weighted by Gasteiger charge is 2.11. The molecule has 1 N–H and O–H groups in total. The number of aromatic nitrogens is 3. The normalized spacial score (nSPS) is 11.4. The summed E-state index contributed by atoms with van der Waals surface area (Å²) in [6.07, 6.45) is 0. The zero-order chi connectivity index (χ0) is 11.3. The molecule has 0 saturated heterocycles. The Labute approximate surface area is 95.5 Å². The van der Waals surface area contributed by atoms with Gasteiger partial charge in [-0.2, -0.15) is 0 Å². The number of benzene rings is 1. The molecule has 0 fully saturated rings. The number of H-pyrrole nitrogens is 1. The lowest BCUT2D eigenvalue weighted by molar-refractivity contribution is 1.04. The number of halogens is 1. The van der Waals surface area contributed by atoms with E-state index in [4.69, 9.17) is 11.6 Å². The summed E-state index contributed by atoms with van der Waals surface area (Å²) < 4.78 is 1.49. The minimum Gasteiger partial charge on any atom is -0.328 e. The topological polar surface area (TPSA) is 50.2 Å². The number of para-hydroxylation sites is 2. The summed E-state index contributed by atoms with van der Waals surface area (Å²) in [5.41, 5.74) is 1.94. The summed E-state index contributed by atoms with van der Waals surface area (Å²) in [4.78, 5) is 19.3. The van der Waals surface area contributed by atoms with E-state index in [2.05, 4.69) is 9.97 Å². The zero-order valence-electron chi connectivity index (χ0n) is 8.49. The predicted molar refractivity (Wildman–Crippen MR) is 63.1 cm³/mol. The minimum atomic E-state index is -0.235. The first-order chi connectivity index (χ1) is 7.68. The Morgan fingerprint density at radius 2 is 2.12 bits per heavy atom. The van der Waals surface area contributed by atoms with Gasteiger partial charge in [-0.25, -0.2) is 9.38 Å². The molecule has 0 aliphatic carbocycles. The lowest BCUT2D eigenvalue weighted by atomic mass is 10.3. The summed E-state index contributed by atoms with van der Waals surface area (Å²) >= 11 is 5.92. The molecular weight excluding hydrogens is 226 g/mol. The zero-order valence-corrected chi connectivity index (χ0v) is 9.25. The SMILES string of the molecule is Cc1[nH]c2nc3ccccc3n2c(=O)c1Cl. The van der Waals surface area contributed by atoms with Crippen LogP contribution >= 0.6 is 11.6 Å². The van der Waals surface area contributed by atoms with Crippen molar-refractivity contribution >= 4 is 28.4 Å². The molecule has 0 aliphatic rings. The smallest absolute Gasteiger partial charge is 0.278 e. The van der Waals surface area contributed by atoms with Crippen molar-refractivity contribution in [1.82, 2.24) is 14.4 Å². The first-order valence-corrected chi connectivity index (χ1v) is 5.22. The van der Waals surface area contributed by atoms with Crippen LogP contribution in [0.5, 0.6) is 0 Å². The summed E-state index contributed by atoms with van der Waals surface area (Å²) in [7, 11) is 0. The van der Waals surface area contributed by atoms with Gasteiger partial charge in [0.15, 0.2) is 0 Å². The maximum atomic E-state index is 12.0. The van der Waals surface area contributed by atoms with Crippen LogP contribution in [0.25, 0.3) is 16.8 Å². The molecule has 4 nitrogen and oxygen atoms in total. The molecule has 0 atom stereocenters. The van der Waals surface area contributed by atoms with Crippen LogP contribution in [-0.4, -0.2) is 14.4 Å². The molecule has 0 bridgehead atoms. The Hall–Kier alpha value is -1.81. The van der Waals surface area contributed by atoms with Gasteiger partial charge < -0.3 is 4.98 Å². The number of imidazole rings is 1. The number of aryl methyl sites for hydroxylation is 1. The van der Waals surface area contributed by atoms with Crippen molar-refractivity contribution in [3.8, 4) is 0 Å². The molecule has 0 saturated carbocycles. The van der Waals surface area contributed by atoms with Crippen molar-refractivity contribution < 1.29 is 0 Å². The lowest BCUT2D eigenvalue weighted by Gasteiger charge is -1.99. The van der Waals surface area contributed by atoms with Crippen LogP contribution in [0.4, 0.5) is 0 Å². The number of nitrogens with zero attached hydrogens (tertiary/aromatic N) is 2. The molecule has 0 radical (unpaired) electrons. The van der Waals surface area contributed by atoms with Gasteiger partial charge in [-0.3, -0.25) is 4.79 Å². The molecule has 0 spiro atoms. The van der Waals surface area contributed by atoms with E-state index in [1.807, 2.05) is 24.3 Å². The average molecular weight is 234 g/mol. The second-order valence-electron chi connectivity index (χ2n) is 3.63. The number of rotatable bonds is 0. The molecular formula is C11H8ClN3O. The Morgan fingerprint density at radius 3 is 2.94 bits per heavy atom. The van der Waals surface area contributed by atoms with Gasteiger partial charge in [0.05, 0.1) is 11.0 Å². The second-order valence-corrected chi connectivity index (χ2v) is 4.01. The molecule has 0 unspecified atom stereocenters. The number of hydrogen-bond acceptors (Lipinski definition) is 2. The average Bonchev–Trinajstić information content (AvgIpc) is 2.64. The van der Waals surface area contributed by atoms with Gasteiger partial charge in [0.1, 0.15) is 5.02 Å². The monoisotopic (exact) mass is 233 g/mol. The predicted octanol–water partition coefficient (Wildman–Crippen LogP) is 2.14. The number of aromatic amines is 1. The summed E-state index contributed by atoms with van der Waals surface area (Å²) in [6, 6.07) is 7.45. The molecule has 5 heteroatoms. The van der Waals surface area contributed by atoms with Crippen LogP contribution < -0.4 is 5.56 Å². The van der Waals surface area contributed by atoms with E-state index in [0.717, 1.165) is 11.0 Å². The number of hydrogen-bond donors (Lipinski definition) is 1. The summed E-state index contributed by atoms with van der Waals surface area (Å²) in [5, 5.41) is 0.204. The van der Waals surface area contributed by atoms with E-state index >= 15 is 0 Å². The van der Waals surface area contributed by atoms with Crippen molar-refractivity contribution in [1.29, 1.82) is 0 Å². The highest BCUT2D eigenvalue weighted by atomic mass is 35.5. The lowest BCUT2D eigenvalue weighted by Crippen LogP contribution is -2.15. The van der Waals surface area contributed by atoms with Crippen LogP contribution in [0.3, 0.4) is 0 Å². The molecule has 2 heterocycles. The van der Waals surface area contributed by atoms with Gasteiger partial charge in [0, 0.05) is 5.69 Å². The first kappa shape index (κ1) is 9.42. The third-order valence-electron chi connectivity index (χ3n) is 2.58. The fourth-order valence-corrected chi connectivity index (χ4v) is 1.93. The fraction of sp³-hybridized carbons (Fsp3) is 0.0909. The summed E-state index contributed by atoms with van der Waals surface area (Å²) in [5.74, 6) is 0.521. The van der Waals surface area contributed by atoms with Crippen molar-refractivity contribution in [2.45, 2.75) is 6.92 Å². The van der Waals surface area contributed by atoms with Crippen LogP contribution in [0.15, 0.2) is 29.1 Å². The standard InChI is InChI=1S/C11H8ClN3O/c1-6-9(12)10(16)15-8-5-3-2-4-7(8)14-11(15)13-6/h2-5H,1H3,(H,13,14). The maximum absolute atomic E-state index is 12.0. The third-order valence-corrected chi connectivity index (χ3v) is 3.03. The van der Waals surface area contributed by atoms with Crippen molar-refractivity contribution in [3.05, 3.63) is 45.3 Å². The van der Waals surface area contributed by atoms with Gasteiger partial charge in [-0.05, 0) is 19.1 Å². The highest BCUT2D eigenvalue weighted by Crippen LogP contribution is 2.15. The molecule has 1 aromatic carbocycles. The molecule has 3 rings (SSSR count). The third kappa shape index (κ3) is 1.10. The van der Waals surface area contributed by atoms with Gasteiger partial charge in [-0.1, -0.05) is 23.7 Å². The highest BCUT2D eigenvalue weighted by molar-refractivity contribution is 6.31. The van der Waals surface area contributed by atoms with E-state index in [-0.39, 0.29) is 10.6 Å². The quantitative estimate of drug-likeness (QED) is 0.647. The van der Waals surface area contributed by atoms with Crippen molar-refractivity contribution in [2.24, 2.45) is 0 Å². The van der Waals surface area contributed by atoms with E-state index in [1.165, 1.54) is 4.40 Å². The van der Waals surface area contributed by atoms with Gasteiger partial charge in [0.25, 0.3) is 5.56 Å². The van der Waals surface area contributed by atoms with Crippen molar-refractivity contribution in [3.63, 3.8) is 0 Å². The maximum Gasteiger partial charge on any atom is 0.278 e. The van der Waals surface area contributed by atoms with E-state index < -0.39 is 0 Å². The molecule has 80 valence electrons. The molecule has 0 aliphatic heterocycles. The van der Waals surface area contributed by atoms with Crippen LogP contribution in [0, 0.1) is 6.92 Å². The minimum absolute atomic E-state index is 0.204. The summed E-state index contributed by atoms with van der Waals surface area (Å²) in [6.45, 7) is 1.75. The Bertz CT molecular complexity index is 757. The Morgan fingerprint density at radius 1 is 1.38 bits per heavy atom. The van der Waals surface area contributed by atoms with Crippen LogP contribution in [0.1, 0.15) is 5.69 Å². The fourth-order valence-electron chi connectivity index (χ4n) is 1.80.